The minimum absolute atomic E-state index is 0.268. The fourth-order valence-electron chi connectivity index (χ4n) is 1.73. The molecule has 0 unspecified atom stereocenters. The number of carbonyl (C=O) groups is 1. The van der Waals surface area contributed by atoms with Crippen LogP contribution in [0.3, 0.4) is 0 Å². The Kier molecular flexibility index (Phi) is 2.26. The van der Waals surface area contributed by atoms with Gasteiger partial charge in [-0.05, 0) is 35.8 Å². The van der Waals surface area contributed by atoms with Gasteiger partial charge in [0, 0.05) is 10.9 Å². The lowest BCUT2D eigenvalue weighted by Gasteiger charge is -1.88. The third-order valence-corrected chi connectivity index (χ3v) is 3.24. The van der Waals surface area contributed by atoms with Gasteiger partial charge in [-0.15, -0.1) is 0 Å². The minimum Gasteiger partial charge on any atom is -0.353 e. The largest absolute Gasteiger partial charge is 0.353 e. The smallest absolute Gasteiger partial charge is 0.161 e. The van der Waals surface area contributed by atoms with Crippen molar-refractivity contribution in [2.45, 2.75) is 0 Å². The van der Waals surface area contributed by atoms with Crippen LogP contribution in [0, 0.1) is 5.82 Å². The summed E-state index contributed by atoms with van der Waals surface area (Å²) in [4.78, 5) is 14.2. The molecule has 0 saturated heterocycles. The molecule has 84 valence electrons. The molecule has 2 aromatic heterocycles. The average Bonchev–Trinajstić information content (AvgIpc) is 2.95. The molecule has 0 amide bonds. The van der Waals surface area contributed by atoms with Crippen molar-refractivity contribution >= 4 is 28.7 Å². The van der Waals surface area contributed by atoms with Crippen molar-refractivity contribution in [3.05, 3.63) is 41.0 Å². The van der Waals surface area contributed by atoms with Crippen molar-refractivity contribution in [3.8, 4) is 11.4 Å². The second kappa shape index (κ2) is 3.78. The molecule has 3 aromatic rings. The molecule has 0 spiro atoms. The van der Waals surface area contributed by atoms with Crippen molar-refractivity contribution in [2.75, 3.05) is 0 Å². The van der Waals surface area contributed by atoms with Gasteiger partial charge in [0.15, 0.2) is 6.29 Å². The van der Waals surface area contributed by atoms with Crippen LogP contribution in [-0.4, -0.2) is 15.6 Å². The lowest BCUT2D eigenvalue weighted by Crippen LogP contribution is -1.74. The highest BCUT2D eigenvalue weighted by atomic mass is 32.1. The molecule has 0 aliphatic carbocycles. The van der Waals surface area contributed by atoms with E-state index in [0.717, 1.165) is 29.0 Å². The first-order chi connectivity index (χ1) is 8.28. The Morgan fingerprint density at radius 2 is 2.24 bits per heavy atom. The Labute approximate surface area is 100 Å². The van der Waals surface area contributed by atoms with E-state index in [4.69, 9.17) is 0 Å². The van der Waals surface area contributed by atoms with Crippen LogP contribution < -0.4 is 0 Å². The van der Waals surface area contributed by atoms with Crippen LogP contribution in [0.5, 0.6) is 0 Å². The molecule has 0 aliphatic heterocycles. The van der Waals surface area contributed by atoms with Gasteiger partial charge in [-0.1, -0.05) is 6.07 Å². The summed E-state index contributed by atoms with van der Waals surface area (Å²) < 4.78 is 17.6. The van der Waals surface area contributed by atoms with Crippen LogP contribution >= 0.6 is 11.5 Å². The maximum Gasteiger partial charge on any atom is 0.161 e. The maximum absolute atomic E-state index is 13.5. The molecular weight excluding hydrogens is 239 g/mol. The average molecular weight is 246 g/mol. The lowest BCUT2D eigenvalue weighted by atomic mass is 10.2. The zero-order valence-corrected chi connectivity index (χ0v) is 9.42. The van der Waals surface area contributed by atoms with E-state index < -0.39 is 0 Å². The van der Waals surface area contributed by atoms with Crippen LogP contribution in [-0.2, 0) is 0 Å². The van der Waals surface area contributed by atoms with Crippen molar-refractivity contribution in [1.29, 1.82) is 0 Å². The van der Waals surface area contributed by atoms with Crippen molar-refractivity contribution < 1.29 is 9.18 Å². The van der Waals surface area contributed by atoms with E-state index in [-0.39, 0.29) is 5.82 Å². The third kappa shape index (κ3) is 1.64. The van der Waals surface area contributed by atoms with Gasteiger partial charge >= 0.3 is 0 Å². The van der Waals surface area contributed by atoms with Crippen LogP contribution in [0.15, 0.2) is 30.3 Å². The van der Waals surface area contributed by atoms with Crippen LogP contribution in [0.2, 0.25) is 0 Å². The summed E-state index contributed by atoms with van der Waals surface area (Å²) in [5.41, 5.74) is 2.10. The number of hydrogen-bond donors (Lipinski definition) is 1. The Bertz CT molecular complexity index is 701. The topological polar surface area (TPSA) is 45.8 Å². The first kappa shape index (κ1) is 10.2. The number of rotatable bonds is 2. The summed E-state index contributed by atoms with van der Waals surface area (Å²) in [6.45, 7) is 0. The minimum atomic E-state index is -0.268. The van der Waals surface area contributed by atoms with Gasteiger partial charge in [-0.2, -0.15) is 4.37 Å². The molecule has 0 saturated carbocycles. The Morgan fingerprint density at radius 1 is 1.35 bits per heavy atom. The van der Waals surface area contributed by atoms with Gasteiger partial charge in [0.05, 0.1) is 10.6 Å². The molecular formula is C12H7FN2OS. The predicted molar refractivity (Wildman–Crippen MR) is 64.8 cm³/mol. The van der Waals surface area contributed by atoms with Gasteiger partial charge in [-0.25, -0.2) is 4.39 Å². The summed E-state index contributed by atoms with van der Waals surface area (Å²) in [6.07, 6.45) is 0.754. The number of halogens is 1. The monoisotopic (exact) mass is 246 g/mol. The molecule has 0 aliphatic rings. The summed E-state index contributed by atoms with van der Waals surface area (Å²) in [5, 5.41) is 0.531. The van der Waals surface area contributed by atoms with Crippen LogP contribution in [0.4, 0.5) is 4.39 Å². The third-order valence-electron chi connectivity index (χ3n) is 2.53. The first-order valence-corrected chi connectivity index (χ1v) is 5.75. The number of aromatic nitrogens is 2. The number of nitrogens with zero attached hydrogens (tertiary/aromatic N) is 1. The van der Waals surface area contributed by atoms with E-state index in [1.54, 1.807) is 24.3 Å². The molecule has 2 heterocycles. The highest BCUT2D eigenvalue weighted by Gasteiger charge is 2.09. The maximum atomic E-state index is 13.5. The Morgan fingerprint density at radius 3 is 2.94 bits per heavy atom. The summed E-state index contributed by atoms with van der Waals surface area (Å²) in [5.74, 6) is -0.268. The fraction of sp³-hybridized carbons (Fsp3) is 0. The molecule has 3 nitrogen and oxygen atoms in total. The highest BCUT2D eigenvalue weighted by molar-refractivity contribution is 7.07. The zero-order chi connectivity index (χ0) is 11.8. The quantitative estimate of drug-likeness (QED) is 0.705. The predicted octanol–water partition coefficient (Wildman–Crippen LogP) is 3.24. The standard InChI is InChI=1S/C12H7FN2OS/c13-9-2-1-3-10-8(9)5-11(14-10)12-4-7(6-16)17-15-12/h1-6,14H. The van der Waals surface area contributed by atoms with E-state index in [1.165, 1.54) is 6.07 Å². The molecule has 3 rings (SSSR count). The van der Waals surface area contributed by atoms with Crippen molar-refractivity contribution in [1.82, 2.24) is 9.36 Å². The van der Waals surface area contributed by atoms with Gasteiger partial charge in [0.1, 0.15) is 11.5 Å². The highest BCUT2D eigenvalue weighted by Crippen LogP contribution is 2.26. The number of nitrogens with one attached hydrogen (secondary N) is 1. The number of benzene rings is 1. The summed E-state index contributed by atoms with van der Waals surface area (Å²) in [6, 6.07) is 8.25. The number of aromatic amines is 1. The number of carbonyl (C=O) groups excluding carboxylic acids is 1. The summed E-state index contributed by atoms with van der Waals surface area (Å²) >= 11 is 1.13. The zero-order valence-electron chi connectivity index (χ0n) is 8.61. The molecule has 0 bridgehead atoms. The van der Waals surface area contributed by atoms with E-state index in [0.29, 0.717) is 16.0 Å². The van der Waals surface area contributed by atoms with Gasteiger partial charge in [-0.3, -0.25) is 4.79 Å². The molecule has 5 heteroatoms. The number of fused-ring (bicyclic) bond motifs is 1. The van der Waals surface area contributed by atoms with E-state index in [1.807, 2.05) is 0 Å². The Balaban J connectivity index is 2.17. The normalized spacial score (nSPS) is 10.9. The molecule has 17 heavy (non-hydrogen) atoms. The lowest BCUT2D eigenvalue weighted by molar-refractivity contribution is 0.112. The van der Waals surface area contributed by atoms with Gasteiger partial charge < -0.3 is 4.98 Å². The second-order valence-electron chi connectivity index (χ2n) is 3.62. The van der Waals surface area contributed by atoms with Gasteiger partial charge in [0.25, 0.3) is 0 Å². The van der Waals surface area contributed by atoms with E-state index in [9.17, 15) is 9.18 Å². The van der Waals surface area contributed by atoms with Crippen LogP contribution in [0.25, 0.3) is 22.3 Å². The van der Waals surface area contributed by atoms with Crippen molar-refractivity contribution in [3.63, 3.8) is 0 Å². The Hall–Kier alpha value is -2.01. The van der Waals surface area contributed by atoms with Gasteiger partial charge in [0.2, 0.25) is 0 Å². The number of hydrogen-bond acceptors (Lipinski definition) is 3. The molecule has 1 aromatic carbocycles. The molecule has 0 radical (unpaired) electrons. The second-order valence-corrected chi connectivity index (χ2v) is 4.45. The van der Waals surface area contributed by atoms with E-state index in [2.05, 4.69) is 9.36 Å². The SMILES string of the molecule is O=Cc1cc(-c2cc3c(F)cccc3[nH]2)ns1. The molecule has 1 N–H and O–H groups in total. The molecule has 0 fully saturated rings. The van der Waals surface area contributed by atoms with Crippen molar-refractivity contribution in [2.24, 2.45) is 0 Å². The van der Waals surface area contributed by atoms with Crippen LogP contribution in [0.1, 0.15) is 9.67 Å². The van der Waals surface area contributed by atoms with E-state index >= 15 is 0 Å². The molecule has 0 atom stereocenters. The number of aldehydes is 1. The number of H-pyrrole nitrogens is 1. The summed E-state index contributed by atoms with van der Waals surface area (Å²) in [7, 11) is 0. The fourth-order valence-corrected chi connectivity index (χ4v) is 2.29. The first-order valence-electron chi connectivity index (χ1n) is 4.97.